The molecule has 0 atom stereocenters. The SMILES string of the molecule is CC(C)(C)NCc1cnn(CCS(C)(=O)=O)c1. The maximum Gasteiger partial charge on any atom is 0.149 e. The summed E-state index contributed by atoms with van der Waals surface area (Å²) in [6, 6.07) is 0. The summed E-state index contributed by atoms with van der Waals surface area (Å²) in [5.41, 5.74) is 1.13. The molecule has 98 valence electrons. The van der Waals surface area contributed by atoms with Gasteiger partial charge in [0.1, 0.15) is 9.84 Å². The van der Waals surface area contributed by atoms with Gasteiger partial charge in [-0.15, -0.1) is 0 Å². The number of nitrogens with one attached hydrogen (secondary N) is 1. The topological polar surface area (TPSA) is 64.0 Å². The summed E-state index contributed by atoms with van der Waals surface area (Å²) in [5, 5.41) is 7.48. The molecule has 0 saturated heterocycles. The highest BCUT2D eigenvalue weighted by molar-refractivity contribution is 7.90. The van der Waals surface area contributed by atoms with Crippen molar-refractivity contribution >= 4 is 9.84 Å². The van der Waals surface area contributed by atoms with Gasteiger partial charge in [-0.05, 0) is 20.8 Å². The Morgan fingerprint density at radius 2 is 2.06 bits per heavy atom. The summed E-state index contributed by atoms with van der Waals surface area (Å²) >= 11 is 0. The van der Waals surface area contributed by atoms with Crippen LogP contribution in [0.15, 0.2) is 12.4 Å². The number of aryl methyl sites for hydroxylation is 1. The number of hydrogen-bond acceptors (Lipinski definition) is 4. The van der Waals surface area contributed by atoms with Gasteiger partial charge in [0.25, 0.3) is 0 Å². The van der Waals surface area contributed by atoms with E-state index in [2.05, 4.69) is 31.2 Å². The fourth-order valence-electron chi connectivity index (χ4n) is 1.25. The predicted molar refractivity (Wildman–Crippen MR) is 68.5 cm³/mol. The molecule has 17 heavy (non-hydrogen) atoms. The van der Waals surface area contributed by atoms with Crippen molar-refractivity contribution in [2.45, 2.75) is 39.4 Å². The van der Waals surface area contributed by atoms with Crippen LogP contribution in [0.3, 0.4) is 0 Å². The molecule has 5 nitrogen and oxygen atoms in total. The van der Waals surface area contributed by atoms with Crippen molar-refractivity contribution < 1.29 is 8.42 Å². The molecule has 0 bridgehead atoms. The Morgan fingerprint density at radius 3 is 2.59 bits per heavy atom. The van der Waals surface area contributed by atoms with E-state index in [9.17, 15) is 8.42 Å². The van der Waals surface area contributed by atoms with Gasteiger partial charge < -0.3 is 5.32 Å². The third-order valence-electron chi connectivity index (χ3n) is 2.20. The molecule has 0 unspecified atom stereocenters. The van der Waals surface area contributed by atoms with Crippen LogP contribution >= 0.6 is 0 Å². The summed E-state index contributed by atoms with van der Waals surface area (Å²) in [6.07, 6.45) is 4.88. The molecule has 0 saturated carbocycles. The van der Waals surface area contributed by atoms with Gasteiger partial charge in [0.15, 0.2) is 0 Å². The van der Waals surface area contributed by atoms with Crippen molar-refractivity contribution in [3.63, 3.8) is 0 Å². The Labute approximate surface area is 103 Å². The number of sulfone groups is 1. The first-order chi connectivity index (χ1) is 7.66. The van der Waals surface area contributed by atoms with Gasteiger partial charge in [0, 0.05) is 30.1 Å². The van der Waals surface area contributed by atoms with Crippen LogP contribution in [0.1, 0.15) is 26.3 Å². The van der Waals surface area contributed by atoms with Crippen LogP contribution < -0.4 is 5.32 Å². The quantitative estimate of drug-likeness (QED) is 0.850. The summed E-state index contributed by atoms with van der Waals surface area (Å²) in [4.78, 5) is 0. The smallest absolute Gasteiger partial charge is 0.149 e. The van der Waals surface area contributed by atoms with Crippen LogP contribution in [0, 0.1) is 0 Å². The molecule has 0 radical (unpaired) electrons. The molecule has 1 heterocycles. The Hall–Kier alpha value is -0.880. The molecule has 1 N–H and O–H groups in total. The van der Waals surface area contributed by atoms with Crippen LogP contribution in [-0.2, 0) is 22.9 Å². The zero-order chi connectivity index (χ0) is 13.1. The van der Waals surface area contributed by atoms with Gasteiger partial charge in [-0.3, -0.25) is 4.68 Å². The molecular formula is C11H21N3O2S. The number of rotatable bonds is 5. The minimum absolute atomic E-state index is 0.0643. The standard InChI is InChI=1S/C11H21N3O2S/c1-11(2,3)12-7-10-8-13-14(9-10)5-6-17(4,15)16/h8-9,12H,5-7H2,1-4H3. The van der Waals surface area contributed by atoms with E-state index in [1.54, 1.807) is 10.9 Å². The monoisotopic (exact) mass is 259 g/mol. The highest BCUT2D eigenvalue weighted by atomic mass is 32.2. The highest BCUT2D eigenvalue weighted by Gasteiger charge is 2.09. The number of aromatic nitrogens is 2. The van der Waals surface area contributed by atoms with E-state index in [-0.39, 0.29) is 11.3 Å². The summed E-state index contributed by atoms with van der Waals surface area (Å²) in [6.45, 7) is 7.44. The maximum atomic E-state index is 11.0. The minimum atomic E-state index is -2.93. The Bertz CT molecular complexity index is 457. The first kappa shape index (κ1) is 14.2. The Kier molecular flexibility index (Phi) is 4.32. The molecule has 0 spiro atoms. The number of hydrogen-bond donors (Lipinski definition) is 1. The van der Waals surface area contributed by atoms with Crippen LogP contribution in [0.4, 0.5) is 0 Å². The van der Waals surface area contributed by atoms with Gasteiger partial charge in [0.2, 0.25) is 0 Å². The normalized spacial score (nSPS) is 12.9. The van der Waals surface area contributed by atoms with Crippen LogP contribution in [0.2, 0.25) is 0 Å². The first-order valence-corrected chi connectivity index (χ1v) is 7.66. The maximum absolute atomic E-state index is 11.0. The van der Waals surface area contributed by atoms with Gasteiger partial charge in [-0.1, -0.05) is 0 Å². The van der Waals surface area contributed by atoms with Crippen molar-refractivity contribution in [1.29, 1.82) is 0 Å². The summed E-state index contributed by atoms with van der Waals surface area (Å²) in [5.74, 6) is 0.126. The molecule has 1 aromatic heterocycles. The lowest BCUT2D eigenvalue weighted by Crippen LogP contribution is -2.34. The van der Waals surface area contributed by atoms with E-state index in [1.807, 2.05) is 6.20 Å². The molecule has 0 aliphatic rings. The second kappa shape index (κ2) is 5.18. The van der Waals surface area contributed by atoms with E-state index < -0.39 is 9.84 Å². The lowest BCUT2D eigenvalue weighted by atomic mass is 10.1. The molecule has 6 heteroatoms. The van der Waals surface area contributed by atoms with Gasteiger partial charge in [-0.25, -0.2) is 8.42 Å². The molecule has 0 fully saturated rings. The lowest BCUT2D eigenvalue weighted by Gasteiger charge is -2.19. The van der Waals surface area contributed by atoms with E-state index in [0.29, 0.717) is 6.54 Å². The fourth-order valence-corrected chi connectivity index (χ4v) is 1.77. The number of nitrogens with zero attached hydrogens (tertiary/aromatic N) is 2. The third-order valence-corrected chi connectivity index (χ3v) is 3.12. The van der Waals surface area contributed by atoms with Crippen LogP contribution in [0.25, 0.3) is 0 Å². The van der Waals surface area contributed by atoms with E-state index in [0.717, 1.165) is 12.1 Å². The fraction of sp³-hybridized carbons (Fsp3) is 0.727. The van der Waals surface area contributed by atoms with Gasteiger partial charge >= 0.3 is 0 Å². The Morgan fingerprint density at radius 1 is 1.41 bits per heavy atom. The molecular weight excluding hydrogens is 238 g/mol. The zero-order valence-electron chi connectivity index (χ0n) is 10.9. The largest absolute Gasteiger partial charge is 0.308 e. The molecule has 1 aromatic rings. The van der Waals surface area contributed by atoms with Crippen molar-refractivity contribution in [1.82, 2.24) is 15.1 Å². The molecule has 0 aliphatic carbocycles. The average Bonchev–Trinajstić information content (AvgIpc) is 2.57. The molecule has 0 aliphatic heterocycles. The van der Waals surface area contributed by atoms with Gasteiger partial charge in [-0.2, -0.15) is 5.10 Å². The lowest BCUT2D eigenvalue weighted by molar-refractivity contribution is 0.424. The van der Waals surface area contributed by atoms with E-state index >= 15 is 0 Å². The van der Waals surface area contributed by atoms with E-state index in [1.165, 1.54) is 6.26 Å². The third kappa shape index (κ3) is 6.43. The summed E-state index contributed by atoms with van der Waals surface area (Å²) in [7, 11) is -2.93. The predicted octanol–water partition coefficient (Wildman–Crippen LogP) is 0.816. The molecule has 0 aromatic carbocycles. The summed E-state index contributed by atoms with van der Waals surface area (Å²) < 4.78 is 23.7. The molecule has 0 amide bonds. The van der Waals surface area contributed by atoms with Crippen LogP contribution in [0.5, 0.6) is 0 Å². The van der Waals surface area contributed by atoms with Crippen molar-refractivity contribution in [3.8, 4) is 0 Å². The van der Waals surface area contributed by atoms with E-state index in [4.69, 9.17) is 0 Å². The average molecular weight is 259 g/mol. The second-order valence-electron chi connectivity index (χ2n) is 5.35. The molecule has 1 rings (SSSR count). The van der Waals surface area contributed by atoms with Crippen molar-refractivity contribution in [3.05, 3.63) is 18.0 Å². The zero-order valence-corrected chi connectivity index (χ0v) is 11.7. The minimum Gasteiger partial charge on any atom is -0.308 e. The Balaban J connectivity index is 2.48. The first-order valence-electron chi connectivity index (χ1n) is 5.60. The second-order valence-corrected chi connectivity index (χ2v) is 7.60. The van der Waals surface area contributed by atoms with Crippen LogP contribution in [-0.4, -0.2) is 35.7 Å². The van der Waals surface area contributed by atoms with Gasteiger partial charge in [0.05, 0.1) is 18.5 Å². The van der Waals surface area contributed by atoms with Crippen molar-refractivity contribution in [2.75, 3.05) is 12.0 Å². The van der Waals surface area contributed by atoms with Crippen molar-refractivity contribution in [2.24, 2.45) is 0 Å². The highest BCUT2D eigenvalue weighted by Crippen LogP contribution is 2.03.